The van der Waals surface area contributed by atoms with Crippen molar-refractivity contribution in [3.05, 3.63) is 53.7 Å². The molecule has 2 N–H and O–H groups in total. The molecule has 40 heavy (non-hydrogen) atoms. The van der Waals surface area contributed by atoms with Crippen molar-refractivity contribution in [3.63, 3.8) is 0 Å². The molecule has 2 aromatic carbocycles. The van der Waals surface area contributed by atoms with Crippen LogP contribution in [0.3, 0.4) is 0 Å². The predicted octanol–water partition coefficient (Wildman–Crippen LogP) is 0.884. The van der Waals surface area contributed by atoms with Gasteiger partial charge in [0.2, 0.25) is 11.8 Å². The van der Waals surface area contributed by atoms with Crippen molar-refractivity contribution in [1.82, 2.24) is 20.4 Å². The van der Waals surface area contributed by atoms with Crippen LogP contribution in [0.4, 0.5) is 11.4 Å². The standard InChI is InChI=1S/C26H29N7O5S.ClH/c1-16(28-2)25(35)29-20-14-32(24(34)15-39(4,37)38)23-11-17(12-27)9-10-22(23)33(26(20)36)13-19-18-7-5-6-8-21(18)31(3)30-19;/h5-11,16,20,28H,13-15H2,1-4H3,(H,29,35);1H/t16-,20-;/m0./s1. The maximum atomic E-state index is 14.0. The number of hydrogen-bond acceptors (Lipinski definition) is 8. The van der Waals surface area contributed by atoms with E-state index in [0.29, 0.717) is 5.69 Å². The van der Waals surface area contributed by atoms with Crippen LogP contribution in [-0.2, 0) is 37.8 Å². The van der Waals surface area contributed by atoms with Gasteiger partial charge in [-0.2, -0.15) is 10.4 Å². The third kappa shape index (κ3) is 6.25. The number of benzene rings is 2. The highest BCUT2D eigenvalue weighted by atomic mass is 35.5. The lowest BCUT2D eigenvalue weighted by Crippen LogP contribution is -2.56. The highest BCUT2D eigenvalue weighted by Gasteiger charge is 2.38. The second-order valence-corrected chi connectivity index (χ2v) is 11.6. The molecular weight excluding hydrogens is 558 g/mol. The molecule has 0 bridgehead atoms. The van der Waals surface area contributed by atoms with Gasteiger partial charge < -0.3 is 20.4 Å². The molecule has 3 amide bonds. The quantitative estimate of drug-likeness (QED) is 0.412. The van der Waals surface area contributed by atoms with E-state index in [9.17, 15) is 28.1 Å². The average Bonchev–Trinajstić information content (AvgIpc) is 3.16. The van der Waals surface area contributed by atoms with Crippen LogP contribution in [0.1, 0.15) is 18.2 Å². The Labute approximate surface area is 238 Å². The van der Waals surface area contributed by atoms with E-state index in [0.717, 1.165) is 22.1 Å². The molecule has 14 heteroatoms. The zero-order valence-corrected chi connectivity index (χ0v) is 24.0. The van der Waals surface area contributed by atoms with Crippen LogP contribution < -0.4 is 20.4 Å². The molecule has 1 aliphatic rings. The third-order valence-corrected chi connectivity index (χ3v) is 7.36. The highest BCUT2D eigenvalue weighted by Crippen LogP contribution is 2.36. The zero-order chi connectivity index (χ0) is 28.5. The maximum Gasteiger partial charge on any atom is 0.251 e. The van der Waals surface area contributed by atoms with E-state index in [1.807, 2.05) is 30.3 Å². The molecule has 212 valence electrons. The average molecular weight is 588 g/mol. The summed E-state index contributed by atoms with van der Waals surface area (Å²) in [7, 11) is -0.338. The van der Waals surface area contributed by atoms with Gasteiger partial charge in [0.25, 0.3) is 5.91 Å². The summed E-state index contributed by atoms with van der Waals surface area (Å²) in [6, 6.07) is 12.2. The number of rotatable bonds is 7. The zero-order valence-electron chi connectivity index (χ0n) is 22.4. The number of carbonyl (C=O) groups is 3. The first kappa shape index (κ1) is 30.6. The first-order valence-electron chi connectivity index (χ1n) is 12.2. The van der Waals surface area contributed by atoms with E-state index in [-0.39, 0.29) is 42.4 Å². The smallest absolute Gasteiger partial charge is 0.251 e. The topological polar surface area (TPSA) is 158 Å². The van der Waals surface area contributed by atoms with E-state index >= 15 is 0 Å². The van der Waals surface area contributed by atoms with Crippen molar-refractivity contribution in [3.8, 4) is 6.07 Å². The van der Waals surface area contributed by atoms with Crippen molar-refractivity contribution in [1.29, 1.82) is 5.26 Å². The van der Waals surface area contributed by atoms with Gasteiger partial charge in [0.05, 0.1) is 53.3 Å². The van der Waals surface area contributed by atoms with Crippen molar-refractivity contribution in [2.45, 2.75) is 25.6 Å². The summed E-state index contributed by atoms with van der Waals surface area (Å²) in [5.41, 5.74) is 2.13. The Bertz CT molecular complexity index is 1620. The van der Waals surface area contributed by atoms with Crippen LogP contribution in [0, 0.1) is 11.3 Å². The van der Waals surface area contributed by atoms with E-state index in [1.54, 1.807) is 25.7 Å². The van der Waals surface area contributed by atoms with Gasteiger partial charge in [-0.15, -0.1) is 12.4 Å². The van der Waals surface area contributed by atoms with Crippen LogP contribution in [0.15, 0.2) is 42.5 Å². The number of hydrogen-bond donors (Lipinski definition) is 2. The molecule has 12 nitrogen and oxygen atoms in total. The minimum Gasteiger partial charge on any atom is -0.341 e. The fourth-order valence-corrected chi connectivity index (χ4v) is 5.10. The van der Waals surface area contributed by atoms with Gasteiger partial charge in [-0.05, 0) is 38.2 Å². The van der Waals surface area contributed by atoms with E-state index in [4.69, 9.17) is 0 Å². The SMILES string of the molecule is CN[C@@H](C)C(=O)N[C@H]1CN(C(=O)CS(C)(=O)=O)c2cc(C#N)ccc2N(Cc2nn(C)c3ccccc23)C1=O.Cl. The van der Waals surface area contributed by atoms with Gasteiger partial charge in [-0.3, -0.25) is 19.1 Å². The monoisotopic (exact) mass is 587 g/mol. The maximum absolute atomic E-state index is 14.0. The van der Waals surface area contributed by atoms with Crippen molar-refractivity contribution < 1.29 is 22.8 Å². The molecule has 0 radical (unpaired) electrons. The lowest BCUT2D eigenvalue weighted by atomic mass is 10.1. The summed E-state index contributed by atoms with van der Waals surface area (Å²) in [5, 5.41) is 20.5. The molecule has 2 atom stereocenters. The molecule has 0 aliphatic carbocycles. The van der Waals surface area contributed by atoms with Crippen LogP contribution in [0.2, 0.25) is 0 Å². The van der Waals surface area contributed by atoms with Gasteiger partial charge in [0, 0.05) is 18.7 Å². The number of aromatic nitrogens is 2. The molecular formula is C26H30ClN7O5S. The Kier molecular flexibility index (Phi) is 9.19. The summed E-state index contributed by atoms with van der Waals surface area (Å²) in [6.45, 7) is 1.30. The number of likely N-dealkylation sites (N-methyl/N-ethyl adjacent to an activating group) is 1. The minimum absolute atomic E-state index is 0. The summed E-state index contributed by atoms with van der Waals surface area (Å²) >= 11 is 0. The first-order chi connectivity index (χ1) is 18.4. The van der Waals surface area contributed by atoms with Crippen molar-refractivity contribution in [2.24, 2.45) is 7.05 Å². The first-order valence-corrected chi connectivity index (χ1v) is 14.2. The number of halogens is 1. The number of anilines is 2. The van der Waals surface area contributed by atoms with Crippen LogP contribution in [-0.4, -0.2) is 73.6 Å². The number of nitrogens with zero attached hydrogens (tertiary/aromatic N) is 5. The summed E-state index contributed by atoms with van der Waals surface area (Å²) < 4.78 is 25.7. The lowest BCUT2D eigenvalue weighted by molar-refractivity contribution is -0.128. The Morgan fingerprint density at radius 2 is 1.90 bits per heavy atom. The molecule has 0 saturated carbocycles. The number of nitrogens with one attached hydrogen (secondary N) is 2. The van der Waals surface area contributed by atoms with E-state index in [1.165, 1.54) is 23.1 Å². The Balaban J connectivity index is 0.00000441. The molecule has 2 heterocycles. The normalized spacial score (nSPS) is 16.0. The molecule has 1 aromatic heterocycles. The molecule has 4 rings (SSSR count). The molecule has 1 aliphatic heterocycles. The van der Waals surface area contributed by atoms with E-state index in [2.05, 4.69) is 15.7 Å². The third-order valence-electron chi connectivity index (χ3n) is 6.59. The Morgan fingerprint density at radius 1 is 1.20 bits per heavy atom. The second kappa shape index (κ2) is 12.0. The fourth-order valence-electron chi connectivity index (χ4n) is 4.50. The summed E-state index contributed by atoms with van der Waals surface area (Å²) in [6.07, 6.45) is 0.937. The van der Waals surface area contributed by atoms with Crippen LogP contribution >= 0.6 is 12.4 Å². The molecule has 0 fully saturated rings. The van der Waals surface area contributed by atoms with Gasteiger partial charge >= 0.3 is 0 Å². The number of para-hydroxylation sites is 1. The Hall–Kier alpha value is -3.99. The minimum atomic E-state index is -3.72. The van der Waals surface area contributed by atoms with Crippen LogP contribution in [0.5, 0.6) is 0 Å². The van der Waals surface area contributed by atoms with E-state index < -0.39 is 45.4 Å². The number of amides is 3. The number of aryl methyl sites for hydroxylation is 1. The lowest BCUT2D eigenvalue weighted by Gasteiger charge is -2.26. The number of carbonyl (C=O) groups excluding carboxylic acids is 3. The van der Waals surface area contributed by atoms with Gasteiger partial charge in [-0.1, -0.05) is 18.2 Å². The summed E-state index contributed by atoms with van der Waals surface area (Å²) in [5.74, 6) is -2.58. The summed E-state index contributed by atoms with van der Waals surface area (Å²) in [4.78, 5) is 42.7. The predicted molar refractivity (Wildman–Crippen MR) is 153 cm³/mol. The number of sulfone groups is 1. The fraction of sp³-hybridized carbons (Fsp3) is 0.346. The largest absolute Gasteiger partial charge is 0.341 e. The van der Waals surface area contributed by atoms with Gasteiger partial charge in [0.15, 0.2) is 9.84 Å². The van der Waals surface area contributed by atoms with Gasteiger partial charge in [0.1, 0.15) is 11.8 Å². The van der Waals surface area contributed by atoms with Crippen molar-refractivity contribution >= 4 is 62.2 Å². The van der Waals surface area contributed by atoms with Crippen LogP contribution in [0.25, 0.3) is 10.9 Å². The number of fused-ring (bicyclic) bond motifs is 2. The molecule has 0 unspecified atom stereocenters. The Morgan fingerprint density at radius 3 is 2.55 bits per heavy atom. The molecule has 0 spiro atoms. The molecule has 0 saturated heterocycles. The number of nitriles is 1. The second-order valence-electron chi connectivity index (χ2n) is 9.47. The molecule has 3 aromatic rings. The van der Waals surface area contributed by atoms with Crippen molar-refractivity contribution in [2.75, 3.05) is 35.4 Å². The highest BCUT2D eigenvalue weighted by molar-refractivity contribution is 7.91. The van der Waals surface area contributed by atoms with Gasteiger partial charge in [-0.25, -0.2) is 8.42 Å².